The molecule has 0 saturated heterocycles. The molecular formula is C76H52N2. The van der Waals surface area contributed by atoms with Gasteiger partial charge in [0.15, 0.2) is 0 Å². The zero-order valence-electron chi connectivity index (χ0n) is 43.5. The maximum Gasteiger partial charge on any atom is 0.0541 e. The number of fused-ring (bicyclic) bond motifs is 8. The van der Waals surface area contributed by atoms with Gasteiger partial charge in [-0.3, -0.25) is 0 Å². The fourth-order valence-corrected chi connectivity index (χ4v) is 12.5. The maximum atomic E-state index is 2.39. The summed E-state index contributed by atoms with van der Waals surface area (Å²) in [6.45, 7) is 4.32. The van der Waals surface area contributed by atoms with Crippen LogP contribution in [0, 0.1) is 13.8 Å². The molecule has 15 aromatic rings. The van der Waals surface area contributed by atoms with Crippen LogP contribution in [0.4, 0.5) is 0 Å². The van der Waals surface area contributed by atoms with Gasteiger partial charge in [-0.05, 0) is 174 Å². The normalized spacial score (nSPS) is 11.7. The van der Waals surface area contributed by atoms with Crippen molar-refractivity contribution in [3.63, 3.8) is 0 Å². The van der Waals surface area contributed by atoms with Crippen LogP contribution in [0.3, 0.4) is 0 Å². The Balaban J connectivity index is 0.714. The van der Waals surface area contributed by atoms with Gasteiger partial charge in [0.25, 0.3) is 0 Å². The van der Waals surface area contributed by atoms with Gasteiger partial charge in [-0.2, -0.15) is 0 Å². The third kappa shape index (κ3) is 7.56. The van der Waals surface area contributed by atoms with Gasteiger partial charge in [0.1, 0.15) is 0 Å². The Bertz CT molecular complexity index is 4450. The van der Waals surface area contributed by atoms with E-state index in [-0.39, 0.29) is 0 Å². The van der Waals surface area contributed by atoms with Gasteiger partial charge in [0.05, 0.1) is 22.1 Å². The van der Waals surface area contributed by atoms with Crippen molar-refractivity contribution in [3.8, 4) is 78.1 Å². The molecule has 0 spiro atoms. The lowest BCUT2D eigenvalue weighted by Crippen LogP contribution is -1.94. The Morgan fingerprint density at radius 2 is 0.462 bits per heavy atom. The first-order valence-electron chi connectivity index (χ1n) is 27.1. The molecule has 2 heteroatoms. The fraction of sp³-hybridized carbons (Fsp3) is 0.0263. The Kier molecular flexibility index (Phi) is 10.7. The Morgan fingerprint density at radius 1 is 0.192 bits per heavy atom. The monoisotopic (exact) mass is 992 g/mol. The molecule has 2 nitrogen and oxygen atoms in total. The first-order valence-corrected chi connectivity index (χ1v) is 27.1. The number of hydrogen-bond donors (Lipinski definition) is 0. The third-order valence-electron chi connectivity index (χ3n) is 16.2. The van der Waals surface area contributed by atoms with Gasteiger partial charge in [-0.25, -0.2) is 0 Å². The van der Waals surface area contributed by atoms with Gasteiger partial charge in [0, 0.05) is 32.9 Å². The van der Waals surface area contributed by atoms with E-state index in [1.807, 2.05) is 0 Å². The van der Waals surface area contributed by atoms with E-state index >= 15 is 0 Å². The van der Waals surface area contributed by atoms with Crippen molar-refractivity contribution >= 4 is 65.2 Å². The van der Waals surface area contributed by atoms with Crippen molar-refractivity contribution < 1.29 is 0 Å². The topological polar surface area (TPSA) is 9.86 Å². The Morgan fingerprint density at radius 3 is 0.795 bits per heavy atom. The predicted octanol–water partition coefficient (Wildman–Crippen LogP) is 20.8. The molecule has 0 aliphatic carbocycles. The summed E-state index contributed by atoms with van der Waals surface area (Å²) in [5, 5.41) is 10.1. The molecule has 0 fully saturated rings. The van der Waals surface area contributed by atoms with Crippen LogP contribution in [0.15, 0.2) is 279 Å². The highest BCUT2D eigenvalue weighted by Gasteiger charge is 2.19. The highest BCUT2D eigenvalue weighted by Crippen LogP contribution is 2.45. The molecule has 0 N–H and O–H groups in total. The van der Waals surface area contributed by atoms with Crippen molar-refractivity contribution in [1.82, 2.24) is 9.13 Å². The van der Waals surface area contributed by atoms with Gasteiger partial charge < -0.3 is 9.13 Å². The lowest BCUT2D eigenvalue weighted by atomic mass is 9.85. The molecule has 0 atom stereocenters. The molecule has 2 heterocycles. The Labute approximate surface area is 454 Å². The Hall–Kier alpha value is -10.0. The van der Waals surface area contributed by atoms with Crippen LogP contribution < -0.4 is 0 Å². The van der Waals surface area contributed by atoms with E-state index in [9.17, 15) is 0 Å². The van der Waals surface area contributed by atoms with Crippen LogP contribution in [0.5, 0.6) is 0 Å². The molecule has 366 valence electrons. The summed E-state index contributed by atoms with van der Waals surface area (Å²) in [5.74, 6) is 0. The van der Waals surface area contributed by atoms with E-state index in [0.29, 0.717) is 0 Å². The average Bonchev–Trinajstić information content (AvgIpc) is 4.16. The maximum absolute atomic E-state index is 2.39. The predicted molar refractivity (Wildman–Crippen MR) is 332 cm³/mol. The van der Waals surface area contributed by atoms with Crippen molar-refractivity contribution in [1.29, 1.82) is 0 Å². The van der Waals surface area contributed by atoms with Crippen molar-refractivity contribution in [2.75, 3.05) is 0 Å². The molecule has 0 amide bonds. The van der Waals surface area contributed by atoms with E-state index < -0.39 is 0 Å². The highest BCUT2D eigenvalue weighted by atomic mass is 15.0. The van der Waals surface area contributed by atoms with Gasteiger partial charge in [0.2, 0.25) is 0 Å². The molecule has 0 bridgehead atoms. The number of aryl methyl sites for hydroxylation is 2. The first kappa shape index (κ1) is 45.4. The molecule has 0 saturated carbocycles. The summed E-state index contributed by atoms with van der Waals surface area (Å²) in [7, 11) is 0. The SMILES string of the molecule is Cc1cccc(-n2c3ccccc3c3cc(-c4ccc(-c5ccc(-c6c7ccccc7c(-c7ccc(-c8ccc(-c9ccc%10c(c9)c9ccccc9n%10-c9cccc(C)c9)cc8)cc7)c7ccccc67)cc5)cc4)ccc32)c1. The summed E-state index contributed by atoms with van der Waals surface area (Å²) in [6.07, 6.45) is 0. The highest BCUT2D eigenvalue weighted by molar-refractivity contribution is 6.21. The van der Waals surface area contributed by atoms with E-state index in [2.05, 4.69) is 302 Å². The third-order valence-corrected chi connectivity index (χ3v) is 16.2. The van der Waals surface area contributed by atoms with Crippen molar-refractivity contribution in [2.45, 2.75) is 13.8 Å². The van der Waals surface area contributed by atoms with Crippen LogP contribution in [-0.2, 0) is 0 Å². The zero-order chi connectivity index (χ0) is 51.8. The fourth-order valence-electron chi connectivity index (χ4n) is 12.5. The van der Waals surface area contributed by atoms with Gasteiger partial charge in [-0.15, -0.1) is 0 Å². The second kappa shape index (κ2) is 18.4. The van der Waals surface area contributed by atoms with Crippen LogP contribution in [0.25, 0.3) is 143 Å². The number of rotatable bonds is 8. The summed E-state index contributed by atoms with van der Waals surface area (Å²) in [4.78, 5) is 0. The smallest absolute Gasteiger partial charge is 0.0541 e. The second-order valence-corrected chi connectivity index (χ2v) is 21.0. The average molecular weight is 993 g/mol. The molecule has 78 heavy (non-hydrogen) atoms. The minimum atomic E-state index is 1.19. The molecule has 0 radical (unpaired) electrons. The molecule has 15 rings (SSSR count). The summed E-state index contributed by atoms with van der Waals surface area (Å²) in [6, 6.07) is 103. The standard InChI is InChI=1S/C76H52N2/c1-49-13-11-15-61(45-49)77-71-23-9-7-17-63(71)69-47-59(41-43-73(69)77)55-29-25-51(26-30-55)53-33-37-57(38-34-53)75-65-19-3-5-21-67(65)76(68-22-6-4-20-66(68)75)58-39-35-54(36-40-58)52-27-31-56(32-28-52)60-42-44-74-70(48-60)64-18-8-10-24-72(64)78(74)62-16-12-14-50(2)46-62/h3-48H,1-2H3. The van der Waals surface area contributed by atoms with Crippen LogP contribution >= 0.6 is 0 Å². The number of nitrogens with zero attached hydrogens (tertiary/aromatic N) is 2. The van der Waals surface area contributed by atoms with Gasteiger partial charge in [-0.1, -0.05) is 218 Å². The lowest BCUT2D eigenvalue weighted by molar-refractivity contribution is 1.17. The number of para-hydroxylation sites is 2. The second-order valence-electron chi connectivity index (χ2n) is 21.0. The number of benzene rings is 13. The molecule has 0 unspecified atom stereocenters. The lowest BCUT2D eigenvalue weighted by Gasteiger charge is -2.18. The van der Waals surface area contributed by atoms with Crippen LogP contribution in [-0.4, -0.2) is 9.13 Å². The molecule has 0 aliphatic rings. The summed E-state index contributed by atoms with van der Waals surface area (Å²) < 4.78 is 4.78. The minimum Gasteiger partial charge on any atom is -0.309 e. The zero-order valence-corrected chi connectivity index (χ0v) is 43.5. The van der Waals surface area contributed by atoms with Crippen molar-refractivity contribution in [2.24, 2.45) is 0 Å². The molecular weight excluding hydrogens is 941 g/mol. The van der Waals surface area contributed by atoms with E-state index in [1.165, 1.54) is 154 Å². The molecule has 2 aromatic heterocycles. The number of aromatic nitrogens is 2. The van der Waals surface area contributed by atoms with E-state index in [1.54, 1.807) is 0 Å². The van der Waals surface area contributed by atoms with Crippen LogP contribution in [0.2, 0.25) is 0 Å². The quantitative estimate of drug-likeness (QED) is 0.134. The molecule has 0 aliphatic heterocycles. The van der Waals surface area contributed by atoms with E-state index in [4.69, 9.17) is 0 Å². The summed E-state index contributed by atoms with van der Waals surface area (Å²) in [5.41, 5.74) is 24.3. The molecule has 13 aromatic carbocycles. The largest absolute Gasteiger partial charge is 0.309 e. The van der Waals surface area contributed by atoms with E-state index in [0.717, 1.165) is 0 Å². The van der Waals surface area contributed by atoms with Crippen LogP contribution in [0.1, 0.15) is 11.1 Å². The summed E-state index contributed by atoms with van der Waals surface area (Å²) >= 11 is 0. The van der Waals surface area contributed by atoms with Gasteiger partial charge >= 0.3 is 0 Å². The van der Waals surface area contributed by atoms with Crippen molar-refractivity contribution in [3.05, 3.63) is 290 Å². The number of hydrogen-bond acceptors (Lipinski definition) is 0. The minimum absolute atomic E-state index is 1.19. The first-order chi connectivity index (χ1) is 38.5.